The van der Waals surface area contributed by atoms with E-state index in [9.17, 15) is 4.39 Å². The predicted molar refractivity (Wildman–Crippen MR) is 69.3 cm³/mol. The zero-order chi connectivity index (χ0) is 12.5. The zero-order valence-corrected chi connectivity index (χ0v) is 10.8. The van der Waals surface area contributed by atoms with Gasteiger partial charge in [-0.2, -0.15) is 0 Å². The molecular formula is C15H20FNO. The van der Waals surface area contributed by atoms with Gasteiger partial charge in [0.15, 0.2) is 0 Å². The lowest BCUT2D eigenvalue weighted by molar-refractivity contribution is 0.0924. The van der Waals surface area contributed by atoms with Crippen LogP contribution in [0.2, 0.25) is 0 Å². The van der Waals surface area contributed by atoms with Crippen LogP contribution in [0, 0.1) is 12.7 Å². The fraction of sp³-hybridized carbons (Fsp3) is 0.600. The third-order valence-electron chi connectivity index (χ3n) is 4.12. The normalized spacial score (nSPS) is 31.1. The van der Waals surface area contributed by atoms with Crippen LogP contribution in [0.15, 0.2) is 18.2 Å². The van der Waals surface area contributed by atoms with Crippen LogP contribution in [-0.2, 0) is 0 Å². The van der Waals surface area contributed by atoms with Crippen molar-refractivity contribution in [2.24, 2.45) is 0 Å². The molecule has 2 bridgehead atoms. The van der Waals surface area contributed by atoms with Crippen molar-refractivity contribution < 1.29 is 9.13 Å². The number of hydrogen-bond donors (Lipinski definition) is 1. The van der Waals surface area contributed by atoms with Gasteiger partial charge in [0.1, 0.15) is 17.7 Å². The highest BCUT2D eigenvalue weighted by Gasteiger charge is 2.32. The first-order valence-corrected chi connectivity index (χ1v) is 6.89. The molecule has 1 aromatic rings. The van der Waals surface area contributed by atoms with E-state index in [1.807, 2.05) is 6.07 Å². The molecule has 98 valence electrons. The van der Waals surface area contributed by atoms with Crippen molar-refractivity contribution in [2.75, 3.05) is 0 Å². The molecule has 0 radical (unpaired) electrons. The van der Waals surface area contributed by atoms with Crippen LogP contribution in [0.1, 0.15) is 37.7 Å². The number of piperidine rings is 2. The number of halogens is 1. The molecule has 2 heterocycles. The molecular weight excluding hydrogens is 229 g/mol. The summed E-state index contributed by atoms with van der Waals surface area (Å²) >= 11 is 0. The molecule has 1 N–H and O–H groups in total. The quantitative estimate of drug-likeness (QED) is 0.869. The molecule has 2 atom stereocenters. The van der Waals surface area contributed by atoms with Crippen molar-refractivity contribution >= 4 is 0 Å². The Morgan fingerprint density at radius 3 is 2.61 bits per heavy atom. The molecule has 2 aliphatic heterocycles. The molecule has 18 heavy (non-hydrogen) atoms. The summed E-state index contributed by atoms with van der Waals surface area (Å²) in [5.74, 6) is 0.490. The van der Waals surface area contributed by atoms with Crippen molar-refractivity contribution in [3.8, 4) is 5.75 Å². The maximum absolute atomic E-state index is 13.5. The van der Waals surface area contributed by atoms with E-state index in [1.54, 1.807) is 13.0 Å². The van der Waals surface area contributed by atoms with Crippen LogP contribution < -0.4 is 10.1 Å². The lowest BCUT2D eigenvalue weighted by atomic mass is 9.85. The van der Waals surface area contributed by atoms with E-state index in [0.717, 1.165) is 12.8 Å². The van der Waals surface area contributed by atoms with Crippen LogP contribution in [0.25, 0.3) is 0 Å². The van der Waals surface area contributed by atoms with Gasteiger partial charge in [0.05, 0.1) is 0 Å². The third-order valence-corrected chi connectivity index (χ3v) is 4.12. The Morgan fingerprint density at radius 2 is 1.94 bits per heavy atom. The van der Waals surface area contributed by atoms with Gasteiger partial charge >= 0.3 is 0 Å². The average Bonchev–Trinajstić information content (AvgIpc) is 2.33. The molecule has 2 saturated heterocycles. The molecule has 3 heteroatoms. The number of benzene rings is 1. The highest BCUT2D eigenvalue weighted by molar-refractivity contribution is 5.28. The second-order valence-corrected chi connectivity index (χ2v) is 5.61. The van der Waals surface area contributed by atoms with Crippen molar-refractivity contribution in [3.63, 3.8) is 0 Å². The van der Waals surface area contributed by atoms with E-state index >= 15 is 0 Å². The molecule has 0 aliphatic carbocycles. The molecule has 0 aromatic heterocycles. The number of rotatable bonds is 2. The smallest absolute Gasteiger partial charge is 0.129 e. The predicted octanol–water partition coefficient (Wildman–Crippen LogP) is 3.19. The van der Waals surface area contributed by atoms with Gasteiger partial charge in [-0.1, -0.05) is 12.5 Å². The molecule has 0 amide bonds. The van der Waals surface area contributed by atoms with Crippen molar-refractivity contribution in [1.82, 2.24) is 5.32 Å². The lowest BCUT2D eigenvalue weighted by Crippen LogP contribution is -2.51. The third kappa shape index (κ3) is 2.51. The lowest BCUT2D eigenvalue weighted by Gasteiger charge is -2.40. The number of nitrogens with one attached hydrogen (secondary N) is 1. The van der Waals surface area contributed by atoms with Crippen LogP contribution in [0.4, 0.5) is 4.39 Å². The molecule has 3 rings (SSSR count). The highest BCUT2D eigenvalue weighted by Crippen LogP contribution is 2.29. The van der Waals surface area contributed by atoms with E-state index in [2.05, 4.69) is 5.32 Å². The SMILES string of the molecule is Cc1ccc(OC2C[C@@H]3CCC[C@@H](C2)N3)cc1F. The van der Waals surface area contributed by atoms with E-state index in [1.165, 1.54) is 25.3 Å². The summed E-state index contributed by atoms with van der Waals surface area (Å²) in [6.45, 7) is 1.77. The van der Waals surface area contributed by atoms with Crippen LogP contribution in [0.3, 0.4) is 0 Å². The van der Waals surface area contributed by atoms with Crippen molar-refractivity contribution in [3.05, 3.63) is 29.6 Å². The second kappa shape index (κ2) is 4.88. The first-order valence-electron chi connectivity index (χ1n) is 6.89. The number of aryl methyl sites for hydroxylation is 1. The van der Waals surface area contributed by atoms with Gasteiger partial charge < -0.3 is 10.1 Å². The second-order valence-electron chi connectivity index (χ2n) is 5.61. The summed E-state index contributed by atoms with van der Waals surface area (Å²) in [7, 11) is 0. The van der Waals surface area contributed by atoms with Crippen LogP contribution in [-0.4, -0.2) is 18.2 Å². The van der Waals surface area contributed by atoms with E-state index in [4.69, 9.17) is 4.74 Å². The first-order chi connectivity index (χ1) is 8.70. The van der Waals surface area contributed by atoms with Gasteiger partial charge in [0.2, 0.25) is 0 Å². The Hall–Kier alpha value is -1.09. The van der Waals surface area contributed by atoms with Crippen molar-refractivity contribution in [2.45, 2.75) is 57.2 Å². The van der Waals surface area contributed by atoms with Crippen LogP contribution >= 0.6 is 0 Å². The minimum atomic E-state index is -0.179. The average molecular weight is 249 g/mol. The van der Waals surface area contributed by atoms with Crippen molar-refractivity contribution in [1.29, 1.82) is 0 Å². The molecule has 1 aromatic carbocycles. The van der Waals surface area contributed by atoms with Gasteiger partial charge in [-0.3, -0.25) is 0 Å². The van der Waals surface area contributed by atoms with E-state index in [-0.39, 0.29) is 11.9 Å². The molecule has 2 nitrogen and oxygen atoms in total. The van der Waals surface area contributed by atoms with Gasteiger partial charge in [-0.05, 0) is 44.2 Å². The van der Waals surface area contributed by atoms with Gasteiger partial charge in [-0.25, -0.2) is 4.39 Å². The Balaban J connectivity index is 1.67. The number of hydrogen-bond acceptors (Lipinski definition) is 2. The Labute approximate surface area is 108 Å². The summed E-state index contributed by atoms with van der Waals surface area (Å²) in [5.41, 5.74) is 0.671. The van der Waals surface area contributed by atoms with Gasteiger partial charge in [-0.15, -0.1) is 0 Å². The maximum Gasteiger partial charge on any atom is 0.129 e. The van der Waals surface area contributed by atoms with Crippen LogP contribution in [0.5, 0.6) is 5.75 Å². The Kier molecular flexibility index (Phi) is 3.25. The summed E-state index contributed by atoms with van der Waals surface area (Å²) in [6.07, 6.45) is 6.16. The molecule has 0 unspecified atom stereocenters. The maximum atomic E-state index is 13.5. The minimum Gasteiger partial charge on any atom is -0.490 e. The molecule has 2 aliphatic rings. The standard InChI is InChI=1S/C15H20FNO/c1-10-5-6-13(9-15(10)16)18-14-7-11-3-2-4-12(8-14)17-11/h5-6,9,11-12,14,17H,2-4,7-8H2,1H3/t11-,12-/m0/s1. The summed E-state index contributed by atoms with van der Waals surface area (Å²) in [5, 5.41) is 3.63. The van der Waals surface area contributed by atoms with E-state index < -0.39 is 0 Å². The fourth-order valence-electron chi connectivity index (χ4n) is 3.15. The van der Waals surface area contributed by atoms with Gasteiger partial charge in [0.25, 0.3) is 0 Å². The highest BCUT2D eigenvalue weighted by atomic mass is 19.1. The summed E-state index contributed by atoms with van der Waals surface area (Å²) in [6, 6.07) is 6.35. The first kappa shape index (κ1) is 12.0. The Bertz CT molecular complexity index is 423. The summed E-state index contributed by atoms with van der Waals surface area (Å²) in [4.78, 5) is 0. The van der Waals surface area contributed by atoms with Gasteiger partial charge in [0, 0.05) is 18.2 Å². The molecule has 0 spiro atoms. The topological polar surface area (TPSA) is 21.3 Å². The fourth-order valence-corrected chi connectivity index (χ4v) is 3.15. The monoisotopic (exact) mass is 249 g/mol. The Morgan fingerprint density at radius 1 is 1.22 bits per heavy atom. The minimum absolute atomic E-state index is 0.179. The number of ether oxygens (including phenoxy) is 1. The largest absolute Gasteiger partial charge is 0.490 e. The summed E-state index contributed by atoms with van der Waals surface area (Å²) < 4.78 is 19.4. The molecule has 0 saturated carbocycles. The van der Waals surface area contributed by atoms with E-state index in [0.29, 0.717) is 23.4 Å². The number of fused-ring (bicyclic) bond motifs is 2. The zero-order valence-electron chi connectivity index (χ0n) is 10.8. The molecule has 2 fully saturated rings.